The molecule has 0 amide bonds. The van der Waals surface area contributed by atoms with Gasteiger partial charge in [-0.25, -0.2) is 0 Å². The monoisotopic (exact) mass is 370 g/mol. The minimum Gasteiger partial charge on any atom is -0.497 e. The zero-order valence-electron chi connectivity index (χ0n) is 11.9. The summed E-state index contributed by atoms with van der Waals surface area (Å²) < 4.78 is 17.4. The molecule has 0 heterocycles. The molecule has 0 radical (unpaired) electrons. The highest BCUT2D eigenvalue weighted by Gasteiger charge is 2.08. The van der Waals surface area contributed by atoms with Crippen LogP contribution in [0.2, 0.25) is 0 Å². The third-order valence-corrected chi connectivity index (χ3v) is 4.10. The molecule has 0 aliphatic rings. The molecule has 2 aromatic rings. The van der Waals surface area contributed by atoms with Crippen LogP contribution in [0.25, 0.3) is 0 Å². The molecular weight excluding hydrogens is 356 g/mol. The number of hydrogen-bond donors (Lipinski definition) is 0. The fourth-order valence-corrected chi connectivity index (χ4v) is 2.39. The van der Waals surface area contributed by atoms with Gasteiger partial charge in [-0.05, 0) is 35.9 Å². The first-order valence-electron chi connectivity index (χ1n) is 6.36. The van der Waals surface area contributed by atoms with E-state index in [9.17, 15) is 0 Å². The van der Waals surface area contributed by atoms with Crippen LogP contribution in [-0.2, 0) is 12.5 Å². The summed E-state index contributed by atoms with van der Waals surface area (Å²) in [5.41, 5.74) is 1.98. The summed E-state index contributed by atoms with van der Waals surface area (Å²) in [6, 6.07) is 11.4. The first-order valence-corrected chi connectivity index (χ1v) is 7.68. The van der Waals surface area contributed by atoms with Gasteiger partial charge >= 0.3 is 0 Å². The smallest absolute Gasteiger partial charge is 0.161 e. The topological polar surface area (TPSA) is 27.7 Å². The van der Waals surface area contributed by atoms with Gasteiger partial charge in [0, 0.05) is 15.9 Å². The Kier molecular flexibility index (Phi) is 5.76. The fourth-order valence-electron chi connectivity index (χ4n) is 1.86. The second-order valence-corrected chi connectivity index (χ2v) is 5.49. The van der Waals surface area contributed by atoms with Crippen LogP contribution in [-0.4, -0.2) is 14.2 Å². The minimum absolute atomic E-state index is 0.403. The normalized spacial score (nSPS) is 10.3. The number of methoxy groups -OCH3 is 2. The predicted molar refractivity (Wildman–Crippen MR) is 87.6 cm³/mol. The average molecular weight is 372 g/mol. The third kappa shape index (κ3) is 4.05. The first kappa shape index (κ1) is 16.0. The highest BCUT2D eigenvalue weighted by atomic mass is 79.9. The van der Waals surface area contributed by atoms with Crippen LogP contribution in [0.4, 0.5) is 0 Å². The van der Waals surface area contributed by atoms with Crippen molar-refractivity contribution in [2.24, 2.45) is 0 Å². The van der Waals surface area contributed by atoms with Gasteiger partial charge in [0.1, 0.15) is 12.4 Å². The van der Waals surface area contributed by atoms with Crippen LogP contribution in [0.1, 0.15) is 11.1 Å². The first-order chi connectivity index (χ1) is 10.2. The molecule has 112 valence electrons. The van der Waals surface area contributed by atoms with Crippen molar-refractivity contribution < 1.29 is 14.2 Å². The highest BCUT2D eigenvalue weighted by Crippen LogP contribution is 2.31. The van der Waals surface area contributed by atoms with E-state index in [1.54, 1.807) is 14.2 Å². The van der Waals surface area contributed by atoms with E-state index in [0.29, 0.717) is 24.0 Å². The SMILES string of the molecule is COc1ccc(Br)c(COc2cc(CCl)ccc2OC)c1. The summed E-state index contributed by atoms with van der Waals surface area (Å²) in [6.45, 7) is 0.403. The lowest BCUT2D eigenvalue weighted by Gasteiger charge is -2.13. The Labute approximate surface area is 137 Å². The zero-order valence-corrected chi connectivity index (χ0v) is 14.2. The number of rotatable bonds is 6. The molecule has 0 spiro atoms. The molecule has 0 saturated carbocycles. The van der Waals surface area contributed by atoms with Crippen LogP contribution < -0.4 is 14.2 Å². The zero-order chi connectivity index (χ0) is 15.2. The maximum absolute atomic E-state index is 5.87. The van der Waals surface area contributed by atoms with E-state index >= 15 is 0 Å². The molecule has 0 saturated heterocycles. The Morgan fingerprint density at radius 3 is 2.48 bits per heavy atom. The van der Waals surface area contributed by atoms with Gasteiger partial charge in [0.2, 0.25) is 0 Å². The lowest BCUT2D eigenvalue weighted by molar-refractivity contribution is 0.283. The van der Waals surface area contributed by atoms with Gasteiger partial charge in [-0.1, -0.05) is 22.0 Å². The summed E-state index contributed by atoms with van der Waals surface area (Å²) in [6.07, 6.45) is 0. The van der Waals surface area contributed by atoms with E-state index in [-0.39, 0.29) is 0 Å². The molecule has 2 rings (SSSR count). The second-order valence-electron chi connectivity index (χ2n) is 4.36. The van der Waals surface area contributed by atoms with Crippen molar-refractivity contribution in [2.75, 3.05) is 14.2 Å². The molecule has 3 nitrogen and oxygen atoms in total. The molecule has 0 N–H and O–H groups in total. The molecule has 0 atom stereocenters. The van der Waals surface area contributed by atoms with E-state index in [1.165, 1.54) is 0 Å². The van der Waals surface area contributed by atoms with Crippen LogP contribution >= 0.6 is 27.5 Å². The third-order valence-electron chi connectivity index (χ3n) is 3.02. The minimum atomic E-state index is 0.403. The molecule has 0 aromatic heterocycles. The van der Waals surface area contributed by atoms with Crippen LogP contribution in [0.15, 0.2) is 40.9 Å². The lowest BCUT2D eigenvalue weighted by Crippen LogP contribution is -2.00. The Hall–Kier alpha value is -1.39. The number of halogens is 2. The van der Waals surface area contributed by atoms with Gasteiger partial charge in [0.05, 0.1) is 14.2 Å². The maximum Gasteiger partial charge on any atom is 0.161 e. The van der Waals surface area contributed by atoms with Crippen LogP contribution in [0.5, 0.6) is 17.2 Å². The Morgan fingerprint density at radius 1 is 1.00 bits per heavy atom. The molecule has 0 unspecified atom stereocenters. The summed E-state index contributed by atoms with van der Waals surface area (Å²) >= 11 is 9.36. The number of benzene rings is 2. The van der Waals surface area contributed by atoms with Crippen molar-refractivity contribution in [3.05, 3.63) is 52.0 Å². The summed E-state index contributed by atoms with van der Waals surface area (Å²) in [5.74, 6) is 2.58. The standard InChI is InChI=1S/C16H16BrClO3/c1-19-13-4-5-14(17)12(8-13)10-21-16-7-11(9-18)3-6-15(16)20-2/h3-8H,9-10H2,1-2H3. The molecule has 0 aliphatic carbocycles. The van der Waals surface area contributed by atoms with Crippen LogP contribution in [0.3, 0.4) is 0 Å². The maximum atomic E-state index is 5.87. The molecule has 2 aromatic carbocycles. The van der Waals surface area contributed by atoms with E-state index in [1.807, 2.05) is 36.4 Å². The largest absolute Gasteiger partial charge is 0.497 e. The van der Waals surface area contributed by atoms with Gasteiger partial charge in [-0.15, -0.1) is 11.6 Å². The van der Waals surface area contributed by atoms with Crippen molar-refractivity contribution in [1.82, 2.24) is 0 Å². The van der Waals surface area contributed by atoms with Crippen molar-refractivity contribution in [2.45, 2.75) is 12.5 Å². The fraction of sp³-hybridized carbons (Fsp3) is 0.250. The quantitative estimate of drug-likeness (QED) is 0.684. The average Bonchev–Trinajstić information content (AvgIpc) is 2.53. The molecule has 21 heavy (non-hydrogen) atoms. The van der Waals surface area contributed by atoms with Gasteiger partial charge in [0.25, 0.3) is 0 Å². The van der Waals surface area contributed by atoms with Gasteiger partial charge in [0.15, 0.2) is 11.5 Å². The summed E-state index contributed by atoms with van der Waals surface area (Å²) in [4.78, 5) is 0. The molecule has 0 aliphatic heterocycles. The van der Waals surface area contributed by atoms with Crippen molar-refractivity contribution in [3.8, 4) is 17.2 Å². The highest BCUT2D eigenvalue weighted by molar-refractivity contribution is 9.10. The number of alkyl halides is 1. The van der Waals surface area contributed by atoms with Crippen molar-refractivity contribution in [3.63, 3.8) is 0 Å². The molecule has 5 heteroatoms. The van der Waals surface area contributed by atoms with E-state index < -0.39 is 0 Å². The Balaban J connectivity index is 2.19. The number of hydrogen-bond acceptors (Lipinski definition) is 3. The Bertz CT molecular complexity index is 616. The van der Waals surface area contributed by atoms with Gasteiger partial charge in [-0.2, -0.15) is 0 Å². The molecule has 0 bridgehead atoms. The molecular formula is C16H16BrClO3. The van der Waals surface area contributed by atoms with E-state index in [4.69, 9.17) is 25.8 Å². The van der Waals surface area contributed by atoms with Gasteiger partial charge in [-0.3, -0.25) is 0 Å². The van der Waals surface area contributed by atoms with Crippen molar-refractivity contribution in [1.29, 1.82) is 0 Å². The van der Waals surface area contributed by atoms with Crippen LogP contribution in [0, 0.1) is 0 Å². The summed E-state index contributed by atoms with van der Waals surface area (Å²) in [7, 11) is 3.25. The van der Waals surface area contributed by atoms with E-state index in [2.05, 4.69) is 15.9 Å². The van der Waals surface area contributed by atoms with Gasteiger partial charge < -0.3 is 14.2 Å². The number of ether oxygens (including phenoxy) is 3. The lowest BCUT2D eigenvalue weighted by atomic mass is 10.2. The van der Waals surface area contributed by atoms with E-state index in [0.717, 1.165) is 21.3 Å². The molecule has 0 fully saturated rings. The Morgan fingerprint density at radius 2 is 1.81 bits per heavy atom. The second kappa shape index (κ2) is 7.57. The predicted octanol–water partition coefficient (Wildman–Crippen LogP) is 4.78. The summed E-state index contributed by atoms with van der Waals surface area (Å²) in [5, 5.41) is 0. The van der Waals surface area contributed by atoms with Crippen molar-refractivity contribution >= 4 is 27.5 Å².